The number of hydrogen-bond donors (Lipinski definition) is 2. The first-order valence-corrected chi connectivity index (χ1v) is 7.40. The second-order valence-corrected chi connectivity index (χ2v) is 5.23. The monoisotopic (exact) mass is 300 g/mol. The maximum absolute atomic E-state index is 9.80. The Morgan fingerprint density at radius 2 is 1.81 bits per heavy atom. The van der Waals surface area contributed by atoms with Gasteiger partial charge in [0, 0.05) is 16.5 Å². The number of aromatic nitrogens is 2. The molecule has 3 aromatic rings. The lowest BCUT2D eigenvalue weighted by molar-refractivity contribution is 0.423. The van der Waals surface area contributed by atoms with Crippen molar-refractivity contribution in [1.29, 1.82) is 0 Å². The molecule has 0 fully saturated rings. The first-order valence-electron chi connectivity index (χ1n) is 6.18. The van der Waals surface area contributed by atoms with Crippen molar-refractivity contribution >= 4 is 11.8 Å². The fourth-order valence-electron chi connectivity index (χ4n) is 1.89. The molecule has 21 heavy (non-hydrogen) atoms. The summed E-state index contributed by atoms with van der Waals surface area (Å²) in [7, 11) is 0. The van der Waals surface area contributed by atoms with E-state index < -0.39 is 0 Å². The number of thioether (sulfide) groups is 1. The van der Waals surface area contributed by atoms with Gasteiger partial charge in [0.15, 0.2) is 0 Å². The molecule has 2 N–H and O–H groups in total. The average molecular weight is 300 g/mol. The van der Waals surface area contributed by atoms with Gasteiger partial charge < -0.3 is 14.7 Å². The Morgan fingerprint density at radius 3 is 2.48 bits per heavy atom. The number of phenols is 2. The van der Waals surface area contributed by atoms with Crippen molar-refractivity contribution in [3.8, 4) is 34.3 Å². The smallest absolute Gasteiger partial charge is 0.262 e. The Balaban J connectivity index is 1.95. The van der Waals surface area contributed by atoms with Crippen LogP contribution in [0, 0.1) is 0 Å². The molecule has 106 valence electrons. The summed E-state index contributed by atoms with van der Waals surface area (Å²) >= 11 is 1.66. The number of nitrogens with zero attached hydrogens (tertiary/aromatic N) is 2. The second kappa shape index (κ2) is 5.49. The molecular weight excluding hydrogens is 288 g/mol. The predicted octanol–water partition coefficient (Wildman–Crippen LogP) is 3.54. The minimum Gasteiger partial charge on any atom is -0.508 e. The molecule has 0 saturated heterocycles. The van der Waals surface area contributed by atoms with Gasteiger partial charge in [0.1, 0.15) is 11.5 Å². The van der Waals surface area contributed by atoms with Crippen LogP contribution in [0.3, 0.4) is 0 Å². The lowest BCUT2D eigenvalue weighted by Crippen LogP contribution is -1.82. The molecule has 0 radical (unpaired) electrons. The van der Waals surface area contributed by atoms with Crippen molar-refractivity contribution in [3.63, 3.8) is 0 Å². The summed E-state index contributed by atoms with van der Waals surface area (Å²) in [5, 5.41) is 23.0. The standard InChI is InChI=1S/C15H12N2O3S/c1-21-11-5-2-9(3-6-11)14-16-15(20-17-14)12-7-4-10(18)8-13(12)19/h2-8,18-19H,1H3. The van der Waals surface area contributed by atoms with Crippen molar-refractivity contribution in [2.24, 2.45) is 0 Å². The normalized spacial score (nSPS) is 10.7. The number of aromatic hydroxyl groups is 2. The Kier molecular flexibility index (Phi) is 3.53. The molecule has 0 aliphatic heterocycles. The summed E-state index contributed by atoms with van der Waals surface area (Å²) in [5.74, 6) is 0.521. The van der Waals surface area contributed by atoms with E-state index in [9.17, 15) is 10.2 Å². The van der Waals surface area contributed by atoms with Gasteiger partial charge in [-0.05, 0) is 42.7 Å². The molecule has 2 aromatic carbocycles. The van der Waals surface area contributed by atoms with Crippen molar-refractivity contribution in [2.45, 2.75) is 4.90 Å². The van der Waals surface area contributed by atoms with E-state index in [1.807, 2.05) is 30.5 Å². The lowest BCUT2D eigenvalue weighted by atomic mass is 10.2. The van der Waals surface area contributed by atoms with Gasteiger partial charge in [0.2, 0.25) is 5.82 Å². The second-order valence-electron chi connectivity index (χ2n) is 4.35. The van der Waals surface area contributed by atoms with Crippen LogP contribution in [0.25, 0.3) is 22.8 Å². The molecule has 5 nitrogen and oxygen atoms in total. The maximum atomic E-state index is 9.80. The van der Waals surface area contributed by atoms with Crippen LogP contribution in [-0.2, 0) is 0 Å². The Hall–Kier alpha value is -2.47. The lowest BCUT2D eigenvalue weighted by Gasteiger charge is -1.99. The van der Waals surface area contributed by atoms with Crippen molar-refractivity contribution in [3.05, 3.63) is 42.5 Å². The zero-order valence-corrected chi connectivity index (χ0v) is 12.0. The van der Waals surface area contributed by atoms with E-state index >= 15 is 0 Å². The molecule has 1 aromatic heterocycles. The van der Waals surface area contributed by atoms with Crippen LogP contribution >= 0.6 is 11.8 Å². The van der Waals surface area contributed by atoms with Crippen LogP contribution < -0.4 is 0 Å². The van der Waals surface area contributed by atoms with Gasteiger partial charge in [0.05, 0.1) is 5.56 Å². The van der Waals surface area contributed by atoms with E-state index in [1.165, 1.54) is 18.2 Å². The van der Waals surface area contributed by atoms with Crippen LogP contribution in [0.2, 0.25) is 0 Å². The van der Waals surface area contributed by atoms with Gasteiger partial charge in [0.25, 0.3) is 5.89 Å². The van der Waals surface area contributed by atoms with Gasteiger partial charge in [-0.1, -0.05) is 5.16 Å². The van der Waals surface area contributed by atoms with Gasteiger partial charge >= 0.3 is 0 Å². The van der Waals surface area contributed by atoms with E-state index in [4.69, 9.17) is 4.52 Å². The molecule has 0 amide bonds. The van der Waals surface area contributed by atoms with E-state index in [1.54, 1.807) is 11.8 Å². The SMILES string of the molecule is CSc1ccc(-c2noc(-c3ccc(O)cc3O)n2)cc1. The summed E-state index contributed by atoms with van der Waals surface area (Å²) in [6.07, 6.45) is 2.01. The highest BCUT2D eigenvalue weighted by Gasteiger charge is 2.14. The fourth-order valence-corrected chi connectivity index (χ4v) is 2.30. The Morgan fingerprint density at radius 1 is 1.05 bits per heavy atom. The summed E-state index contributed by atoms with van der Waals surface area (Å²) in [4.78, 5) is 5.42. The molecule has 0 aliphatic rings. The largest absolute Gasteiger partial charge is 0.508 e. The summed E-state index contributed by atoms with van der Waals surface area (Å²) < 4.78 is 5.17. The maximum Gasteiger partial charge on any atom is 0.262 e. The summed E-state index contributed by atoms with van der Waals surface area (Å²) in [6, 6.07) is 12.0. The highest BCUT2D eigenvalue weighted by molar-refractivity contribution is 7.98. The number of phenolic OH excluding ortho intramolecular Hbond substituents is 2. The molecule has 0 unspecified atom stereocenters. The van der Waals surface area contributed by atoms with E-state index in [0.29, 0.717) is 11.4 Å². The van der Waals surface area contributed by atoms with Gasteiger partial charge in [-0.3, -0.25) is 0 Å². The first kappa shape index (κ1) is 13.5. The van der Waals surface area contributed by atoms with Crippen LogP contribution in [0.4, 0.5) is 0 Å². The Labute approximate surface area is 125 Å². The molecular formula is C15H12N2O3S. The molecule has 0 saturated carbocycles. The highest BCUT2D eigenvalue weighted by atomic mass is 32.2. The van der Waals surface area contributed by atoms with Gasteiger partial charge in [-0.25, -0.2) is 0 Å². The van der Waals surface area contributed by atoms with Crippen LogP contribution in [0.5, 0.6) is 11.5 Å². The molecule has 0 aliphatic carbocycles. The third kappa shape index (κ3) is 2.71. The first-order chi connectivity index (χ1) is 10.2. The zero-order chi connectivity index (χ0) is 14.8. The summed E-state index contributed by atoms with van der Waals surface area (Å²) in [6.45, 7) is 0. The minimum atomic E-state index is -0.108. The average Bonchev–Trinajstić information content (AvgIpc) is 2.97. The van der Waals surface area contributed by atoms with Crippen LogP contribution in [0.15, 0.2) is 51.9 Å². The highest BCUT2D eigenvalue weighted by Crippen LogP contribution is 2.32. The number of benzene rings is 2. The quantitative estimate of drug-likeness (QED) is 0.720. The van der Waals surface area contributed by atoms with Crippen molar-refractivity contribution in [1.82, 2.24) is 10.1 Å². The predicted molar refractivity (Wildman–Crippen MR) is 80.3 cm³/mol. The van der Waals surface area contributed by atoms with E-state index in [-0.39, 0.29) is 17.4 Å². The zero-order valence-electron chi connectivity index (χ0n) is 11.1. The topological polar surface area (TPSA) is 79.4 Å². The van der Waals surface area contributed by atoms with Crippen molar-refractivity contribution in [2.75, 3.05) is 6.26 Å². The molecule has 1 heterocycles. The fraction of sp³-hybridized carbons (Fsp3) is 0.0667. The van der Waals surface area contributed by atoms with E-state index in [0.717, 1.165) is 10.5 Å². The Bertz CT molecular complexity index is 769. The number of hydrogen-bond acceptors (Lipinski definition) is 6. The van der Waals surface area contributed by atoms with E-state index in [2.05, 4.69) is 10.1 Å². The molecule has 0 bridgehead atoms. The van der Waals surface area contributed by atoms with Crippen LogP contribution in [-0.4, -0.2) is 26.6 Å². The molecule has 0 atom stereocenters. The third-order valence-corrected chi connectivity index (χ3v) is 3.73. The summed E-state index contributed by atoms with van der Waals surface area (Å²) in [5.41, 5.74) is 1.22. The molecule has 3 rings (SSSR count). The third-order valence-electron chi connectivity index (χ3n) is 2.99. The van der Waals surface area contributed by atoms with Gasteiger partial charge in [-0.2, -0.15) is 4.98 Å². The van der Waals surface area contributed by atoms with Gasteiger partial charge in [-0.15, -0.1) is 11.8 Å². The van der Waals surface area contributed by atoms with Crippen molar-refractivity contribution < 1.29 is 14.7 Å². The minimum absolute atomic E-state index is 0.0244. The molecule has 0 spiro atoms. The number of rotatable bonds is 3. The van der Waals surface area contributed by atoms with Crippen LogP contribution in [0.1, 0.15) is 0 Å². The molecule has 6 heteroatoms.